The molecule has 146 valence electrons. The van der Waals surface area contributed by atoms with Crippen molar-refractivity contribution in [2.75, 3.05) is 5.32 Å². The highest BCUT2D eigenvalue weighted by Crippen LogP contribution is 2.29. The lowest BCUT2D eigenvalue weighted by atomic mass is 10.1. The lowest BCUT2D eigenvalue weighted by Crippen LogP contribution is -2.15. The number of imidazole rings is 1. The predicted octanol–water partition coefficient (Wildman–Crippen LogP) is 4.14. The first-order chi connectivity index (χ1) is 14.7. The number of nitrogens with zero attached hydrogens (tertiary/aromatic N) is 5. The van der Waals surface area contributed by atoms with Gasteiger partial charge in [0.25, 0.3) is 5.91 Å². The van der Waals surface area contributed by atoms with Gasteiger partial charge in [-0.15, -0.1) is 5.10 Å². The van der Waals surface area contributed by atoms with E-state index in [1.54, 1.807) is 0 Å². The van der Waals surface area contributed by atoms with E-state index >= 15 is 0 Å². The summed E-state index contributed by atoms with van der Waals surface area (Å²) in [6.07, 6.45) is 3.41. The highest BCUT2D eigenvalue weighted by Gasteiger charge is 2.19. The molecule has 30 heavy (non-hydrogen) atoms. The van der Waals surface area contributed by atoms with Gasteiger partial charge in [0.15, 0.2) is 5.69 Å². The lowest BCUT2D eigenvalue weighted by molar-refractivity contribution is 0.102. The van der Waals surface area contributed by atoms with Crippen molar-refractivity contribution in [3.63, 3.8) is 0 Å². The number of hydrogen-bond donors (Lipinski definition) is 1. The van der Waals surface area contributed by atoms with Crippen LogP contribution >= 0.6 is 0 Å². The molecule has 0 aliphatic carbocycles. The maximum atomic E-state index is 13.0. The number of fused-ring (bicyclic) bond motifs is 1. The quantitative estimate of drug-likeness (QED) is 0.497. The third-order valence-electron chi connectivity index (χ3n) is 4.76. The van der Waals surface area contributed by atoms with E-state index in [1.165, 1.54) is 11.0 Å². The number of carbonyl (C=O) groups excluding carboxylic acids is 1. The van der Waals surface area contributed by atoms with Crippen LogP contribution in [0.3, 0.4) is 0 Å². The number of nitrogens with one attached hydrogen (secondary N) is 1. The molecule has 0 spiro atoms. The van der Waals surface area contributed by atoms with Gasteiger partial charge in [0, 0.05) is 11.8 Å². The largest absolute Gasteiger partial charge is 0.304 e. The molecule has 5 aromatic rings. The second-order valence-corrected chi connectivity index (χ2v) is 6.92. The molecule has 7 nitrogen and oxygen atoms in total. The van der Waals surface area contributed by atoms with Crippen molar-refractivity contribution in [3.05, 3.63) is 96.4 Å². The molecule has 0 radical (unpaired) electrons. The molecule has 0 unspecified atom stereocenters. The third kappa shape index (κ3) is 3.22. The summed E-state index contributed by atoms with van der Waals surface area (Å²) < 4.78 is 1.89. The molecule has 3 aromatic heterocycles. The first kappa shape index (κ1) is 17.8. The number of carbonyl (C=O) groups is 1. The fourth-order valence-electron chi connectivity index (χ4n) is 3.29. The standard InChI is InChI=1S/C23H18N6O/c1-16-12-13-20-25-21(17-8-4-2-5-9-17)22(28(20)15-16)26-23(30)19-14-24-29(27-19)18-10-6-3-7-11-18/h2-15H,1H3,(H,26,30). The van der Waals surface area contributed by atoms with Crippen LogP contribution in [0, 0.1) is 6.92 Å². The Morgan fingerprint density at radius 3 is 2.43 bits per heavy atom. The Morgan fingerprint density at radius 1 is 0.933 bits per heavy atom. The Kier molecular flexibility index (Phi) is 4.33. The van der Waals surface area contributed by atoms with Crippen molar-refractivity contribution >= 4 is 17.4 Å². The number of hydrogen-bond acceptors (Lipinski definition) is 4. The van der Waals surface area contributed by atoms with E-state index in [0.717, 1.165) is 22.5 Å². The molecule has 0 saturated carbocycles. The number of para-hydroxylation sites is 1. The number of anilines is 1. The van der Waals surface area contributed by atoms with E-state index in [4.69, 9.17) is 4.98 Å². The van der Waals surface area contributed by atoms with Gasteiger partial charge in [-0.3, -0.25) is 9.20 Å². The molecule has 0 aliphatic rings. The van der Waals surface area contributed by atoms with Gasteiger partial charge in [-0.25, -0.2) is 4.98 Å². The minimum atomic E-state index is -0.349. The molecule has 1 amide bonds. The summed E-state index contributed by atoms with van der Waals surface area (Å²) in [7, 11) is 0. The van der Waals surface area contributed by atoms with E-state index in [2.05, 4.69) is 15.5 Å². The van der Waals surface area contributed by atoms with Gasteiger partial charge < -0.3 is 5.32 Å². The summed E-state index contributed by atoms with van der Waals surface area (Å²) in [6, 6.07) is 23.2. The fourth-order valence-corrected chi connectivity index (χ4v) is 3.29. The van der Waals surface area contributed by atoms with Gasteiger partial charge in [0.05, 0.1) is 11.9 Å². The fraction of sp³-hybridized carbons (Fsp3) is 0.0435. The molecular weight excluding hydrogens is 376 g/mol. The van der Waals surface area contributed by atoms with Crippen LogP contribution in [0.1, 0.15) is 16.1 Å². The van der Waals surface area contributed by atoms with E-state index in [0.29, 0.717) is 11.5 Å². The summed E-state index contributed by atoms with van der Waals surface area (Å²) in [5.41, 5.74) is 4.44. The number of aromatic nitrogens is 5. The van der Waals surface area contributed by atoms with Crippen molar-refractivity contribution < 1.29 is 4.79 Å². The highest BCUT2D eigenvalue weighted by molar-refractivity contribution is 6.04. The summed E-state index contributed by atoms with van der Waals surface area (Å²) in [6.45, 7) is 2.00. The van der Waals surface area contributed by atoms with Gasteiger partial charge in [0.2, 0.25) is 0 Å². The van der Waals surface area contributed by atoms with E-state index in [9.17, 15) is 4.79 Å². The summed E-state index contributed by atoms with van der Waals surface area (Å²) in [4.78, 5) is 19.2. The molecule has 3 heterocycles. The molecule has 0 aliphatic heterocycles. The summed E-state index contributed by atoms with van der Waals surface area (Å²) in [5, 5.41) is 11.5. The zero-order valence-corrected chi connectivity index (χ0v) is 16.2. The SMILES string of the molecule is Cc1ccc2nc(-c3ccccc3)c(NC(=O)c3cnn(-c4ccccc4)n3)n2c1. The van der Waals surface area contributed by atoms with Crippen LogP contribution in [-0.2, 0) is 0 Å². The Morgan fingerprint density at radius 2 is 1.67 bits per heavy atom. The Labute approximate surface area is 172 Å². The molecule has 7 heteroatoms. The molecule has 0 atom stereocenters. The lowest BCUT2D eigenvalue weighted by Gasteiger charge is -2.07. The second-order valence-electron chi connectivity index (χ2n) is 6.92. The molecule has 2 aromatic carbocycles. The molecular formula is C23H18N6O. The molecule has 0 fully saturated rings. The van der Waals surface area contributed by atoms with Gasteiger partial charge in [0.1, 0.15) is 17.2 Å². The van der Waals surface area contributed by atoms with Crippen LogP contribution in [0.25, 0.3) is 22.6 Å². The van der Waals surface area contributed by atoms with Gasteiger partial charge in [-0.05, 0) is 30.7 Å². The molecule has 0 saturated heterocycles. The van der Waals surface area contributed by atoms with Crippen molar-refractivity contribution in [2.24, 2.45) is 0 Å². The summed E-state index contributed by atoms with van der Waals surface area (Å²) in [5.74, 6) is 0.247. The molecule has 1 N–H and O–H groups in total. The number of benzene rings is 2. The Balaban J connectivity index is 1.54. The zero-order chi connectivity index (χ0) is 20.5. The van der Waals surface area contributed by atoms with Crippen LogP contribution in [0.2, 0.25) is 0 Å². The monoisotopic (exact) mass is 394 g/mol. The third-order valence-corrected chi connectivity index (χ3v) is 4.76. The minimum absolute atomic E-state index is 0.223. The van der Waals surface area contributed by atoms with Crippen molar-refractivity contribution in [1.29, 1.82) is 0 Å². The Hall–Kier alpha value is -4.26. The minimum Gasteiger partial charge on any atom is -0.304 e. The average Bonchev–Trinajstić information content (AvgIpc) is 3.41. The van der Waals surface area contributed by atoms with Crippen molar-refractivity contribution in [3.8, 4) is 16.9 Å². The number of rotatable bonds is 4. The smallest absolute Gasteiger partial charge is 0.279 e. The topological polar surface area (TPSA) is 77.1 Å². The first-order valence-electron chi connectivity index (χ1n) is 9.52. The zero-order valence-electron chi connectivity index (χ0n) is 16.2. The van der Waals surface area contributed by atoms with Crippen molar-refractivity contribution in [2.45, 2.75) is 6.92 Å². The molecule has 0 bridgehead atoms. The van der Waals surface area contributed by atoms with Crippen LogP contribution in [-0.4, -0.2) is 30.3 Å². The average molecular weight is 394 g/mol. The Bertz CT molecular complexity index is 1340. The van der Waals surface area contributed by atoms with Gasteiger partial charge >= 0.3 is 0 Å². The van der Waals surface area contributed by atoms with Crippen LogP contribution in [0.5, 0.6) is 0 Å². The van der Waals surface area contributed by atoms with E-state index in [1.807, 2.05) is 90.3 Å². The second kappa shape index (κ2) is 7.29. The maximum absolute atomic E-state index is 13.0. The van der Waals surface area contributed by atoms with E-state index in [-0.39, 0.29) is 11.6 Å². The van der Waals surface area contributed by atoms with Crippen LogP contribution < -0.4 is 5.32 Å². The number of amides is 1. The molecule has 5 rings (SSSR count). The van der Waals surface area contributed by atoms with Crippen molar-refractivity contribution in [1.82, 2.24) is 24.4 Å². The predicted molar refractivity (Wildman–Crippen MR) is 115 cm³/mol. The van der Waals surface area contributed by atoms with Gasteiger partial charge in [-0.2, -0.15) is 9.90 Å². The van der Waals surface area contributed by atoms with Crippen LogP contribution in [0.15, 0.2) is 85.2 Å². The van der Waals surface area contributed by atoms with Gasteiger partial charge in [-0.1, -0.05) is 54.6 Å². The number of aryl methyl sites for hydroxylation is 1. The van der Waals surface area contributed by atoms with E-state index < -0.39 is 0 Å². The highest BCUT2D eigenvalue weighted by atomic mass is 16.2. The van der Waals surface area contributed by atoms with Crippen LogP contribution in [0.4, 0.5) is 5.82 Å². The maximum Gasteiger partial charge on any atom is 0.279 e. The normalized spacial score (nSPS) is 11.0. The summed E-state index contributed by atoms with van der Waals surface area (Å²) >= 11 is 0. The first-order valence-corrected chi connectivity index (χ1v) is 9.52. The number of pyridine rings is 1.